The molecule has 1 aromatic heterocycles. The summed E-state index contributed by atoms with van der Waals surface area (Å²) in [4.78, 5) is 2.03. The van der Waals surface area contributed by atoms with Crippen LogP contribution in [0.15, 0.2) is 3.92 Å². The molecule has 0 saturated carbocycles. The predicted molar refractivity (Wildman–Crippen MR) is 57.4 cm³/mol. The number of aromatic nitrogens is 2. The van der Waals surface area contributed by atoms with Gasteiger partial charge < -0.3 is 9.64 Å². The second kappa shape index (κ2) is 5.51. The molecule has 1 rings (SSSR count). The van der Waals surface area contributed by atoms with Crippen molar-refractivity contribution in [3.8, 4) is 0 Å². The number of anilines is 1. The van der Waals surface area contributed by atoms with Crippen LogP contribution >= 0.6 is 27.3 Å². The van der Waals surface area contributed by atoms with Crippen LogP contribution in [-0.2, 0) is 4.74 Å². The van der Waals surface area contributed by atoms with Crippen LogP contribution in [0.25, 0.3) is 0 Å². The Bertz CT molecular complexity index is 256. The molecular formula is C7H12BrN3OS. The molecule has 0 unspecified atom stereocenters. The van der Waals surface area contributed by atoms with Crippen LogP contribution in [0.1, 0.15) is 6.92 Å². The molecule has 1 heterocycles. The van der Waals surface area contributed by atoms with Gasteiger partial charge >= 0.3 is 0 Å². The number of ether oxygens (including phenoxy) is 1. The minimum Gasteiger partial charge on any atom is -0.380 e. The van der Waals surface area contributed by atoms with Crippen molar-refractivity contribution < 1.29 is 4.74 Å². The van der Waals surface area contributed by atoms with Crippen molar-refractivity contribution >= 4 is 32.4 Å². The Morgan fingerprint density at radius 2 is 2.31 bits per heavy atom. The van der Waals surface area contributed by atoms with E-state index in [1.54, 1.807) is 0 Å². The number of likely N-dealkylation sites (N-methyl/N-ethyl adjacent to an activating group) is 1. The summed E-state index contributed by atoms with van der Waals surface area (Å²) in [5.41, 5.74) is 0. The van der Waals surface area contributed by atoms with Gasteiger partial charge in [0.15, 0.2) is 3.92 Å². The molecule has 0 N–H and O–H groups in total. The third-order valence-corrected chi connectivity index (χ3v) is 2.96. The first-order valence-corrected chi connectivity index (χ1v) is 5.63. The Kier molecular flexibility index (Phi) is 4.61. The summed E-state index contributed by atoms with van der Waals surface area (Å²) in [6, 6.07) is 0. The SMILES string of the molecule is CCOCCN(C)c1nnc(Br)s1. The van der Waals surface area contributed by atoms with E-state index in [-0.39, 0.29) is 0 Å². The van der Waals surface area contributed by atoms with Gasteiger partial charge in [0, 0.05) is 20.2 Å². The molecule has 1 aromatic rings. The molecule has 0 bridgehead atoms. The fraction of sp³-hybridized carbons (Fsp3) is 0.714. The van der Waals surface area contributed by atoms with E-state index < -0.39 is 0 Å². The minimum absolute atomic E-state index is 0.726. The van der Waals surface area contributed by atoms with E-state index in [0.29, 0.717) is 0 Å². The molecule has 13 heavy (non-hydrogen) atoms. The van der Waals surface area contributed by atoms with Crippen LogP contribution in [0.3, 0.4) is 0 Å². The Morgan fingerprint density at radius 1 is 1.54 bits per heavy atom. The summed E-state index contributed by atoms with van der Waals surface area (Å²) in [6.07, 6.45) is 0. The largest absolute Gasteiger partial charge is 0.380 e. The second-order valence-corrected chi connectivity index (χ2v) is 4.69. The van der Waals surface area contributed by atoms with E-state index in [4.69, 9.17) is 4.74 Å². The number of rotatable bonds is 5. The average Bonchev–Trinajstić information content (AvgIpc) is 2.52. The van der Waals surface area contributed by atoms with E-state index in [0.717, 1.165) is 28.8 Å². The minimum atomic E-state index is 0.726. The lowest BCUT2D eigenvalue weighted by Gasteiger charge is -2.13. The molecule has 4 nitrogen and oxygen atoms in total. The van der Waals surface area contributed by atoms with Crippen molar-refractivity contribution in [1.82, 2.24) is 10.2 Å². The third-order valence-electron chi connectivity index (χ3n) is 1.49. The molecule has 74 valence electrons. The smallest absolute Gasteiger partial charge is 0.208 e. The van der Waals surface area contributed by atoms with Gasteiger partial charge in [0.25, 0.3) is 0 Å². The highest BCUT2D eigenvalue weighted by Gasteiger charge is 2.06. The third kappa shape index (κ3) is 3.58. The zero-order valence-corrected chi connectivity index (χ0v) is 10.1. The van der Waals surface area contributed by atoms with Crippen molar-refractivity contribution in [2.75, 3.05) is 31.7 Å². The van der Waals surface area contributed by atoms with Crippen LogP contribution in [0.4, 0.5) is 5.13 Å². The Labute approximate surface area is 90.0 Å². The van der Waals surface area contributed by atoms with Gasteiger partial charge in [0.2, 0.25) is 5.13 Å². The fourth-order valence-corrected chi connectivity index (χ4v) is 1.87. The van der Waals surface area contributed by atoms with Gasteiger partial charge in [-0.15, -0.1) is 10.2 Å². The van der Waals surface area contributed by atoms with Crippen LogP contribution in [-0.4, -0.2) is 37.0 Å². The summed E-state index contributed by atoms with van der Waals surface area (Å²) < 4.78 is 6.05. The number of hydrogen-bond donors (Lipinski definition) is 0. The highest BCUT2D eigenvalue weighted by molar-refractivity contribution is 9.11. The molecule has 0 fully saturated rings. The first-order valence-electron chi connectivity index (χ1n) is 4.02. The van der Waals surface area contributed by atoms with E-state index >= 15 is 0 Å². The summed E-state index contributed by atoms with van der Waals surface area (Å²) in [5, 5.41) is 8.76. The topological polar surface area (TPSA) is 38.2 Å². The molecule has 0 spiro atoms. The van der Waals surface area contributed by atoms with Gasteiger partial charge in [0.1, 0.15) is 0 Å². The van der Waals surface area contributed by atoms with Gasteiger partial charge in [-0.2, -0.15) is 0 Å². The van der Waals surface area contributed by atoms with Crippen molar-refractivity contribution in [2.45, 2.75) is 6.92 Å². The normalized spacial score (nSPS) is 10.4. The lowest BCUT2D eigenvalue weighted by molar-refractivity contribution is 0.154. The maximum atomic E-state index is 5.24. The van der Waals surface area contributed by atoms with E-state index in [1.807, 2.05) is 18.9 Å². The van der Waals surface area contributed by atoms with Gasteiger partial charge in [0.05, 0.1) is 6.61 Å². The summed E-state index contributed by atoms with van der Waals surface area (Å²) in [7, 11) is 1.98. The quantitative estimate of drug-likeness (QED) is 0.761. The Balaban J connectivity index is 2.35. The zero-order valence-electron chi connectivity index (χ0n) is 7.66. The highest BCUT2D eigenvalue weighted by Crippen LogP contribution is 2.22. The van der Waals surface area contributed by atoms with Crippen LogP contribution < -0.4 is 4.90 Å². The molecule has 0 amide bonds. The molecule has 0 aliphatic rings. The van der Waals surface area contributed by atoms with Gasteiger partial charge in [-0.05, 0) is 22.9 Å². The molecule has 0 saturated heterocycles. The second-order valence-electron chi connectivity index (χ2n) is 2.46. The fourth-order valence-electron chi connectivity index (χ4n) is 0.794. The van der Waals surface area contributed by atoms with Crippen molar-refractivity contribution in [2.24, 2.45) is 0 Å². The zero-order chi connectivity index (χ0) is 9.68. The van der Waals surface area contributed by atoms with Crippen LogP contribution in [0.2, 0.25) is 0 Å². The van der Waals surface area contributed by atoms with Crippen molar-refractivity contribution in [1.29, 1.82) is 0 Å². The van der Waals surface area contributed by atoms with Crippen LogP contribution in [0, 0.1) is 0 Å². The maximum Gasteiger partial charge on any atom is 0.208 e. The monoisotopic (exact) mass is 265 g/mol. The van der Waals surface area contributed by atoms with Crippen LogP contribution in [0.5, 0.6) is 0 Å². The van der Waals surface area contributed by atoms with Gasteiger partial charge in [-0.3, -0.25) is 0 Å². The summed E-state index contributed by atoms with van der Waals surface area (Å²) in [6.45, 7) is 4.31. The molecule has 0 radical (unpaired) electrons. The maximum absolute atomic E-state index is 5.24. The Hall–Kier alpha value is -0.200. The lowest BCUT2D eigenvalue weighted by Crippen LogP contribution is -2.22. The number of halogens is 1. The average molecular weight is 266 g/mol. The molecular weight excluding hydrogens is 254 g/mol. The molecule has 0 aliphatic heterocycles. The lowest BCUT2D eigenvalue weighted by atomic mass is 10.6. The molecule has 0 aliphatic carbocycles. The number of nitrogens with zero attached hydrogens (tertiary/aromatic N) is 3. The summed E-state index contributed by atoms with van der Waals surface area (Å²) >= 11 is 4.79. The first kappa shape index (κ1) is 10.9. The first-order chi connectivity index (χ1) is 6.24. The van der Waals surface area contributed by atoms with Crippen molar-refractivity contribution in [3.05, 3.63) is 3.92 Å². The molecule has 0 aromatic carbocycles. The van der Waals surface area contributed by atoms with Crippen molar-refractivity contribution in [3.63, 3.8) is 0 Å². The Morgan fingerprint density at radius 3 is 2.85 bits per heavy atom. The molecule has 0 atom stereocenters. The predicted octanol–water partition coefficient (Wildman–Crippen LogP) is 1.77. The van der Waals surface area contributed by atoms with Gasteiger partial charge in [-0.25, -0.2) is 0 Å². The standard InChI is InChI=1S/C7H12BrN3OS/c1-3-12-5-4-11(2)7-10-9-6(8)13-7/h3-5H2,1-2H3. The van der Waals surface area contributed by atoms with E-state index in [2.05, 4.69) is 26.1 Å². The number of hydrogen-bond acceptors (Lipinski definition) is 5. The molecule has 6 heteroatoms. The summed E-state index contributed by atoms with van der Waals surface area (Å²) in [5.74, 6) is 0. The van der Waals surface area contributed by atoms with Gasteiger partial charge in [-0.1, -0.05) is 11.3 Å². The highest BCUT2D eigenvalue weighted by atomic mass is 79.9. The van der Waals surface area contributed by atoms with E-state index in [1.165, 1.54) is 11.3 Å². The van der Waals surface area contributed by atoms with E-state index in [9.17, 15) is 0 Å².